The molecule has 0 aliphatic carbocycles. The summed E-state index contributed by atoms with van der Waals surface area (Å²) in [5.74, 6) is 1.16. The first-order valence-corrected chi connectivity index (χ1v) is 8.80. The smallest absolute Gasteiger partial charge is 0.323 e. The Labute approximate surface area is 146 Å². The van der Waals surface area contributed by atoms with E-state index in [0.717, 1.165) is 24.1 Å². The van der Waals surface area contributed by atoms with Gasteiger partial charge in [0.2, 0.25) is 0 Å². The minimum absolute atomic E-state index is 0.149. The summed E-state index contributed by atoms with van der Waals surface area (Å²) in [6.07, 6.45) is 4.32. The van der Waals surface area contributed by atoms with E-state index in [1.807, 2.05) is 6.07 Å². The molecule has 6 nitrogen and oxygen atoms in total. The van der Waals surface area contributed by atoms with Crippen LogP contribution in [0, 0.1) is 0 Å². The van der Waals surface area contributed by atoms with Crippen LogP contribution in [0.25, 0.3) is 0 Å². The molecule has 129 valence electrons. The molecular weight excluding hydrogens is 324 g/mol. The summed E-state index contributed by atoms with van der Waals surface area (Å²) in [4.78, 5) is 19.6. The number of aromatic nitrogens is 1. The lowest BCUT2D eigenvalue weighted by molar-refractivity contribution is 0.211. The Balaban J connectivity index is 1.95. The average Bonchev–Trinajstić information content (AvgIpc) is 3.01. The third-order valence-corrected chi connectivity index (χ3v) is 4.52. The highest BCUT2D eigenvalue weighted by Gasteiger charge is 2.14. The summed E-state index contributed by atoms with van der Waals surface area (Å²) in [5, 5.41) is 3.38. The first kappa shape index (κ1) is 18.1. The predicted octanol–water partition coefficient (Wildman–Crippen LogP) is 3.94. The second-order valence-electron chi connectivity index (χ2n) is 5.37. The van der Waals surface area contributed by atoms with Gasteiger partial charge in [-0.1, -0.05) is 13.3 Å². The van der Waals surface area contributed by atoms with Crippen LogP contribution in [-0.4, -0.2) is 36.1 Å². The fraction of sp³-hybridized carbons (Fsp3) is 0.412. The predicted molar refractivity (Wildman–Crippen MR) is 97.1 cm³/mol. The summed E-state index contributed by atoms with van der Waals surface area (Å²) in [6, 6.07) is 7.08. The van der Waals surface area contributed by atoms with Gasteiger partial charge in [-0.2, -0.15) is 0 Å². The summed E-state index contributed by atoms with van der Waals surface area (Å²) in [5.41, 5.74) is 7.59. The van der Waals surface area contributed by atoms with Crippen molar-refractivity contribution < 1.29 is 9.53 Å². The highest BCUT2D eigenvalue weighted by molar-refractivity contribution is 7.15. The number of nitrogens with one attached hydrogen (secondary N) is 2. The van der Waals surface area contributed by atoms with E-state index in [9.17, 15) is 4.79 Å². The normalized spacial score (nSPS) is 10.4. The van der Waals surface area contributed by atoms with Gasteiger partial charge in [-0.3, -0.25) is 11.1 Å². The molecule has 0 aromatic carbocycles. The van der Waals surface area contributed by atoms with Crippen molar-refractivity contribution >= 4 is 28.2 Å². The molecule has 1 radical (unpaired) electrons. The standard InChI is InChI=1S/C17H23N4O2S/c1-3-4-10-21(11-9-14-6-7-15(18)24-14)17(22)20-16-8-5-13(23-2)12-19-16/h5-8,12,18H,3-4,9-11H2,1-2H3,(H,19,20,22). The van der Waals surface area contributed by atoms with E-state index >= 15 is 0 Å². The number of pyridine rings is 1. The third kappa shape index (κ3) is 5.42. The van der Waals surface area contributed by atoms with Gasteiger partial charge in [0, 0.05) is 18.0 Å². The summed E-state index contributed by atoms with van der Waals surface area (Å²) in [6.45, 7) is 3.44. The van der Waals surface area contributed by atoms with Gasteiger partial charge in [0.15, 0.2) is 0 Å². The quantitative estimate of drug-likeness (QED) is 0.785. The van der Waals surface area contributed by atoms with Crippen LogP contribution >= 0.6 is 11.3 Å². The zero-order chi connectivity index (χ0) is 17.4. The van der Waals surface area contributed by atoms with Crippen molar-refractivity contribution in [3.63, 3.8) is 0 Å². The van der Waals surface area contributed by atoms with Crippen molar-refractivity contribution in [1.82, 2.24) is 15.6 Å². The Morgan fingerprint density at radius 3 is 2.75 bits per heavy atom. The van der Waals surface area contributed by atoms with Crippen molar-refractivity contribution in [1.29, 1.82) is 0 Å². The molecule has 0 spiro atoms. The molecule has 2 aromatic rings. The number of ether oxygens (including phenoxy) is 1. The Hall–Kier alpha value is -2.28. The summed E-state index contributed by atoms with van der Waals surface area (Å²) >= 11 is 1.46. The van der Waals surface area contributed by atoms with Crippen LogP contribution in [0.1, 0.15) is 24.6 Å². The molecule has 0 atom stereocenters. The number of carbonyl (C=O) groups excluding carboxylic acids is 1. The van der Waals surface area contributed by atoms with Crippen molar-refractivity contribution in [2.45, 2.75) is 26.2 Å². The van der Waals surface area contributed by atoms with Gasteiger partial charge in [-0.05, 0) is 37.1 Å². The van der Waals surface area contributed by atoms with Gasteiger partial charge in [-0.15, -0.1) is 11.3 Å². The van der Waals surface area contributed by atoms with Crippen LogP contribution in [0.3, 0.4) is 0 Å². The molecule has 0 unspecified atom stereocenters. The van der Waals surface area contributed by atoms with Crippen LogP contribution in [0.15, 0.2) is 30.5 Å². The number of urea groups is 1. The molecular formula is C17H23N4O2S. The largest absolute Gasteiger partial charge is 0.495 e. The number of hydrogen-bond acceptors (Lipinski definition) is 4. The van der Waals surface area contributed by atoms with E-state index in [1.165, 1.54) is 11.3 Å². The topological polar surface area (TPSA) is 78.3 Å². The molecule has 0 bridgehead atoms. The number of carbonyl (C=O) groups is 1. The highest BCUT2D eigenvalue weighted by atomic mass is 32.1. The molecule has 2 heterocycles. The molecule has 7 heteroatoms. The van der Waals surface area contributed by atoms with Gasteiger partial charge in [-0.25, -0.2) is 9.78 Å². The second kappa shape index (κ2) is 9.12. The Morgan fingerprint density at radius 1 is 1.33 bits per heavy atom. The van der Waals surface area contributed by atoms with Crippen molar-refractivity contribution in [3.05, 3.63) is 35.3 Å². The molecule has 2 aromatic heterocycles. The van der Waals surface area contributed by atoms with Gasteiger partial charge in [0.25, 0.3) is 0 Å². The SMILES string of the molecule is CCCCN(CCc1ccc([NH])s1)C(=O)Nc1ccc(OC)cn1. The van der Waals surface area contributed by atoms with Crippen LogP contribution in [0.5, 0.6) is 5.75 Å². The molecule has 2 N–H and O–H groups in total. The van der Waals surface area contributed by atoms with E-state index in [2.05, 4.69) is 17.2 Å². The number of unbranched alkanes of at least 4 members (excludes halogenated alkanes) is 1. The van der Waals surface area contributed by atoms with Crippen molar-refractivity contribution in [2.75, 3.05) is 25.5 Å². The van der Waals surface area contributed by atoms with Crippen molar-refractivity contribution in [3.8, 4) is 5.75 Å². The van der Waals surface area contributed by atoms with Crippen LogP contribution < -0.4 is 15.8 Å². The number of rotatable bonds is 8. The minimum Gasteiger partial charge on any atom is -0.495 e. The average molecular weight is 347 g/mol. The second-order valence-corrected chi connectivity index (χ2v) is 6.54. The van der Waals surface area contributed by atoms with E-state index in [4.69, 9.17) is 10.5 Å². The number of nitrogens with zero attached hydrogens (tertiary/aromatic N) is 2. The van der Waals surface area contributed by atoms with Gasteiger partial charge in [0.05, 0.1) is 13.3 Å². The van der Waals surface area contributed by atoms with E-state index < -0.39 is 0 Å². The van der Waals surface area contributed by atoms with Crippen LogP contribution in [-0.2, 0) is 6.42 Å². The molecule has 2 amide bonds. The van der Waals surface area contributed by atoms with Crippen LogP contribution in [0.4, 0.5) is 15.6 Å². The molecule has 0 saturated carbocycles. The van der Waals surface area contributed by atoms with Gasteiger partial charge < -0.3 is 9.64 Å². The molecule has 0 saturated heterocycles. The van der Waals surface area contributed by atoms with Crippen LogP contribution in [0.2, 0.25) is 0 Å². The van der Waals surface area contributed by atoms with Gasteiger partial charge >= 0.3 is 6.03 Å². The number of anilines is 1. The Bertz CT molecular complexity index is 642. The van der Waals surface area contributed by atoms with Gasteiger partial charge in [0.1, 0.15) is 16.6 Å². The maximum absolute atomic E-state index is 12.5. The monoisotopic (exact) mass is 347 g/mol. The number of thiophene rings is 1. The molecule has 0 aliphatic rings. The van der Waals surface area contributed by atoms with E-state index in [-0.39, 0.29) is 6.03 Å². The zero-order valence-electron chi connectivity index (χ0n) is 14.0. The number of amides is 2. The highest BCUT2D eigenvalue weighted by Crippen LogP contribution is 2.20. The maximum Gasteiger partial charge on any atom is 0.323 e. The zero-order valence-corrected chi connectivity index (χ0v) is 14.9. The first-order chi connectivity index (χ1) is 11.6. The van der Waals surface area contributed by atoms with E-state index in [0.29, 0.717) is 29.7 Å². The Morgan fingerprint density at radius 2 is 2.17 bits per heavy atom. The fourth-order valence-electron chi connectivity index (χ4n) is 2.18. The van der Waals surface area contributed by atoms with Crippen molar-refractivity contribution in [2.24, 2.45) is 0 Å². The lowest BCUT2D eigenvalue weighted by Gasteiger charge is -2.22. The summed E-state index contributed by atoms with van der Waals surface area (Å²) in [7, 11) is 1.58. The molecule has 0 aliphatic heterocycles. The minimum atomic E-state index is -0.149. The molecule has 24 heavy (non-hydrogen) atoms. The number of hydrogen-bond donors (Lipinski definition) is 1. The first-order valence-electron chi connectivity index (χ1n) is 7.98. The molecule has 2 rings (SSSR count). The lowest BCUT2D eigenvalue weighted by atomic mass is 10.3. The fourth-order valence-corrected chi connectivity index (χ4v) is 2.93. The molecule has 0 fully saturated rings. The lowest BCUT2D eigenvalue weighted by Crippen LogP contribution is -2.37. The third-order valence-electron chi connectivity index (χ3n) is 3.57. The van der Waals surface area contributed by atoms with E-state index in [1.54, 1.807) is 36.4 Å². The Kier molecular flexibility index (Phi) is 6.87. The summed E-state index contributed by atoms with van der Waals surface area (Å²) < 4.78 is 5.06. The maximum atomic E-state index is 12.5. The number of methoxy groups -OCH3 is 1.